The van der Waals surface area contributed by atoms with Crippen LogP contribution in [0, 0.1) is 0 Å². The van der Waals surface area contributed by atoms with E-state index in [4.69, 9.17) is 5.84 Å². The van der Waals surface area contributed by atoms with Crippen molar-refractivity contribution >= 4 is 5.96 Å². The Morgan fingerprint density at radius 3 is 2.81 bits per heavy atom. The molecule has 0 unspecified atom stereocenters. The van der Waals surface area contributed by atoms with Gasteiger partial charge in [-0.25, -0.2) is 5.84 Å². The van der Waals surface area contributed by atoms with E-state index >= 15 is 0 Å². The summed E-state index contributed by atoms with van der Waals surface area (Å²) in [5, 5.41) is 3.15. The first-order valence-electron chi connectivity index (χ1n) is 5.50. The quantitative estimate of drug-likeness (QED) is 0.292. The molecule has 0 fully saturated rings. The second kappa shape index (κ2) is 7.64. The van der Waals surface area contributed by atoms with Crippen LogP contribution >= 0.6 is 0 Å². The van der Waals surface area contributed by atoms with Crippen molar-refractivity contribution in [3.63, 3.8) is 0 Å². The number of nitrogens with two attached hydrogens (primary N) is 1. The number of hydrazine groups is 1. The summed E-state index contributed by atoms with van der Waals surface area (Å²) in [4.78, 5) is 8.22. The van der Waals surface area contributed by atoms with E-state index in [1.807, 2.05) is 12.1 Å². The average molecular weight is 221 g/mol. The topological polar surface area (TPSA) is 75.3 Å². The zero-order chi connectivity index (χ0) is 11.6. The first-order chi connectivity index (χ1) is 7.86. The zero-order valence-corrected chi connectivity index (χ0v) is 9.61. The van der Waals surface area contributed by atoms with E-state index in [1.165, 1.54) is 5.56 Å². The van der Waals surface area contributed by atoms with Crippen LogP contribution in [0.4, 0.5) is 0 Å². The summed E-state index contributed by atoms with van der Waals surface area (Å²) >= 11 is 0. The smallest absolute Gasteiger partial charge is 0.205 e. The summed E-state index contributed by atoms with van der Waals surface area (Å²) in [6, 6.07) is 4.00. The molecular formula is C11H19N5. The summed E-state index contributed by atoms with van der Waals surface area (Å²) in [5.41, 5.74) is 3.79. The highest BCUT2D eigenvalue weighted by atomic mass is 15.3. The van der Waals surface area contributed by atoms with Gasteiger partial charge in [-0.2, -0.15) is 0 Å². The van der Waals surface area contributed by atoms with E-state index in [2.05, 4.69) is 27.6 Å². The number of nitrogens with zero attached hydrogens (tertiary/aromatic N) is 2. The van der Waals surface area contributed by atoms with E-state index in [-0.39, 0.29) is 0 Å². The van der Waals surface area contributed by atoms with Gasteiger partial charge in [0, 0.05) is 25.5 Å². The zero-order valence-electron chi connectivity index (χ0n) is 9.61. The molecule has 0 aliphatic carbocycles. The largest absolute Gasteiger partial charge is 0.355 e. The van der Waals surface area contributed by atoms with Gasteiger partial charge in [0.1, 0.15) is 0 Å². The molecule has 5 heteroatoms. The number of aromatic nitrogens is 1. The van der Waals surface area contributed by atoms with Crippen LogP contribution < -0.4 is 16.6 Å². The van der Waals surface area contributed by atoms with Crippen LogP contribution in [0.2, 0.25) is 0 Å². The molecule has 1 rings (SSSR count). The van der Waals surface area contributed by atoms with Crippen LogP contribution in [-0.4, -0.2) is 24.0 Å². The maximum atomic E-state index is 5.34. The predicted molar refractivity (Wildman–Crippen MR) is 65.9 cm³/mol. The summed E-state index contributed by atoms with van der Waals surface area (Å²) in [7, 11) is 0. The number of hydrogen-bond donors (Lipinski definition) is 3. The van der Waals surface area contributed by atoms with Crippen LogP contribution in [0.25, 0.3) is 0 Å². The number of pyridine rings is 1. The van der Waals surface area contributed by atoms with Crippen LogP contribution in [0.15, 0.2) is 29.5 Å². The first-order valence-corrected chi connectivity index (χ1v) is 5.50. The summed E-state index contributed by atoms with van der Waals surface area (Å²) in [5.74, 6) is 5.99. The maximum Gasteiger partial charge on any atom is 0.205 e. The predicted octanol–water partition coefficient (Wildman–Crippen LogP) is 0.443. The normalized spacial score (nSPS) is 11.2. The molecule has 0 atom stereocenters. The molecule has 5 nitrogen and oxygen atoms in total. The van der Waals surface area contributed by atoms with Crippen LogP contribution in [0.1, 0.15) is 18.9 Å². The molecule has 0 radical (unpaired) electrons. The minimum absolute atomic E-state index is 0.649. The molecule has 0 bridgehead atoms. The SMILES string of the molecule is CCCN=C(NN)NCCc1ccncc1. The molecule has 1 heterocycles. The molecule has 0 saturated heterocycles. The molecule has 0 amide bonds. The lowest BCUT2D eigenvalue weighted by Gasteiger charge is -2.08. The molecule has 16 heavy (non-hydrogen) atoms. The molecule has 0 saturated carbocycles. The Labute approximate surface area is 96.1 Å². The number of hydrogen-bond acceptors (Lipinski definition) is 3. The highest BCUT2D eigenvalue weighted by molar-refractivity contribution is 5.79. The van der Waals surface area contributed by atoms with Gasteiger partial charge in [-0.05, 0) is 30.5 Å². The first kappa shape index (κ1) is 12.4. The van der Waals surface area contributed by atoms with Crippen molar-refractivity contribution in [3.05, 3.63) is 30.1 Å². The Balaban J connectivity index is 2.28. The Morgan fingerprint density at radius 2 is 2.19 bits per heavy atom. The second-order valence-electron chi connectivity index (χ2n) is 3.41. The lowest BCUT2D eigenvalue weighted by atomic mass is 10.2. The van der Waals surface area contributed by atoms with Crippen LogP contribution in [-0.2, 0) is 6.42 Å². The minimum atomic E-state index is 0.649. The number of guanidine groups is 1. The molecule has 4 N–H and O–H groups in total. The highest BCUT2D eigenvalue weighted by Gasteiger charge is 1.95. The van der Waals surface area contributed by atoms with Gasteiger partial charge in [0.2, 0.25) is 5.96 Å². The fourth-order valence-corrected chi connectivity index (χ4v) is 1.25. The fraction of sp³-hybridized carbons (Fsp3) is 0.455. The molecule has 1 aromatic rings. The third-order valence-corrected chi connectivity index (χ3v) is 2.09. The van der Waals surface area contributed by atoms with Gasteiger partial charge in [-0.1, -0.05) is 6.92 Å². The van der Waals surface area contributed by atoms with Gasteiger partial charge in [0.15, 0.2) is 0 Å². The van der Waals surface area contributed by atoms with E-state index in [9.17, 15) is 0 Å². The van der Waals surface area contributed by atoms with Crippen molar-refractivity contribution in [1.82, 2.24) is 15.7 Å². The molecule has 0 aliphatic rings. The van der Waals surface area contributed by atoms with Gasteiger partial charge in [-0.15, -0.1) is 0 Å². The maximum absolute atomic E-state index is 5.34. The van der Waals surface area contributed by atoms with Crippen molar-refractivity contribution in [1.29, 1.82) is 0 Å². The lowest BCUT2D eigenvalue weighted by molar-refractivity contribution is 0.799. The average Bonchev–Trinajstić information content (AvgIpc) is 2.35. The summed E-state index contributed by atoms with van der Waals surface area (Å²) in [6.45, 7) is 3.66. The van der Waals surface area contributed by atoms with Crippen LogP contribution in [0.3, 0.4) is 0 Å². The van der Waals surface area contributed by atoms with E-state index in [0.29, 0.717) is 5.96 Å². The van der Waals surface area contributed by atoms with Crippen molar-refractivity contribution in [2.45, 2.75) is 19.8 Å². The van der Waals surface area contributed by atoms with Gasteiger partial charge < -0.3 is 5.32 Å². The van der Waals surface area contributed by atoms with E-state index in [0.717, 1.165) is 25.9 Å². The molecule has 0 aliphatic heterocycles. The second-order valence-corrected chi connectivity index (χ2v) is 3.41. The van der Waals surface area contributed by atoms with Gasteiger partial charge in [0.25, 0.3) is 0 Å². The van der Waals surface area contributed by atoms with Crippen molar-refractivity contribution in [2.24, 2.45) is 10.8 Å². The Kier molecular flexibility index (Phi) is 5.95. The molecule has 0 aromatic carbocycles. The number of aliphatic imine (C=N–C) groups is 1. The van der Waals surface area contributed by atoms with Gasteiger partial charge >= 0.3 is 0 Å². The molecule has 1 aromatic heterocycles. The van der Waals surface area contributed by atoms with Crippen molar-refractivity contribution in [3.8, 4) is 0 Å². The minimum Gasteiger partial charge on any atom is -0.355 e. The van der Waals surface area contributed by atoms with Crippen molar-refractivity contribution in [2.75, 3.05) is 13.1 Å². The Bertz CT molecular complexity index is 309. The third kappa shape index (κ3) is 4.75. The van der Waals surface area contributed by atoms with Crippen LogP contribution in [0.5, 0.6) is 0 Å². The van der Waals surface area contributed by atoms with Gasteiger partial charge in [0.05, 0.1) is 0 Å². The monoisotopic (exact) mass is 221 g/mol. The third-order valence-electron chi connectivity index (χ3n) is 2.09. The lowest BCUT2D eigenvalue weighted by Crippen LogP contribution is -2.42. The van der Waals surface area contributed by atoms with E-state index in [1.54, 1.807) is 12.4 Å². The number of nitrogens with one attached hydrogen (secondary N) is 2. The molecule has 0 spiro atoms. The fourth-order valence-electron chi connectivity index (χ4n) is 1.25. The Hall–Kier alpha value is -1.62. The highest BCUT2D eigenvalue weighted by Crippen LogP contribution is 1.95. The molecular weight excluding hydrogens is 202 g/mol. The summed E-state index contributed by atoms with van der Waals surface area (Å²) in [6.07, 6.45) is 5.53. The summed E-state index contributed by atoms with van der Waals surface area (Å²) < 4.78 is 0. The molecule has 88 valence electrons. The Morgan fingerprint density at radius 1 is 1.44 bits per heavy atom. The standard InChI is InChI=1S/C11H19N5/c1-2-6-14-11(16-12)15-9-5-10-3-7-13-8-4-10/h3-4,7-8H,2,5-6,9,12H2,1H3,(H2,14,15,16). The van der Waals surface area contributed by atoms with Crippen molar-refractivity contribution < 1.29 is 0 Å². The van der Waals surface area contributed by atoms with E-state index < -0.39 is 0 Å². The number of rotatable bonds is 5. The van der Waals surface area contributed by atoms with Gasteiger partial charge in [-0.3, -0.25) is 15.4 Å².